The van der Waals surface area contributed by atoms with E-state index in [1.165, 1.54) is 31.7 Å². The minimum absolute atomic E-state index is 0.134. The van der Waals surface area contributed by atoms with E-state index in [-0.39, 0.29) is 18.0 Å². The molecule has 1 aromatic carbocycles. The number of halogens is 1. The number of rotatable bonds is 8. The third-order valence-electron chi connectivity index (χ3n) is 3.57. The molecule has 0 aliphatic heterocycles. The molecule has 0 heterocycles. The number of hydrogen-bond donors (Lipinski definition) is 1. The van der Waals surface area contributed by atoms with Crippen LogP contribution in [0.15, 0.2) is 12.1 Å². The standard InChI is InChI=1S/C17H28FNO/c1-5-6-7-8-9-13(3)20-17-10-12(2)16(18)11-15(17)14(4)19/h10-11,13-14H,5-9,19H2,1-4H3. The second kappa shape index (κ2) is 8.25. The molecule has 0 fully saturated rings. The fourth-order valence-electron chi connectivity index (χ4n) is 2.26. The Kier molecular flexibility index (Phi) is 7.00. The van der Waals surface area contributed by atoms with Crippen molar-refractivity contribution in [2.75, 3.05) is 0 Å². The normalized spacial score (nSPS) is 14.1. The van der Waals surface area contributed by atoms with Crippen molar-refractivity contribution in [3.8, 4) is 5.75 Å². The van der Waals surface area contributed by atoms with Crippen molar-refractivity contribution >= 4 is 0 Å². The monoisotopic (exact) mass is 281 g/mol. The molecule has 0 amide bonds. The van der Waals surface area contributed by atoms with Gasteiger partial charge >= 0.3 is 0 Å². The summed E-state index contributed by atoms with van der Waals surface area (Å²) in [6, 6.07) is 3.03. The topological polar surface area (TPSA) is 35.2 Å². The third-order valence-corrected chi connectivity index (χ3v) is 3.57. The van der Waals surface area contributed by atoms with E-state index in [4.69, 9.17) is 10.5 Å². The van der Waals surface area contributed by atoms with Crippen LogP contribution in [0.3, 0.4) is 0 Å². The van der Waals surface area contributed by atoms with Crippen LogP contribution < -0.4 is 10.5 Å². The third kappa shape index (κ3) is 5.12. The van der Waals surface area contributed by atoms with Gasteiger partial charge in [-0.3, -0.25) is 0 Å². The van der Waals surface area contributed by atoms with Gasteiger partial charge < -0.3 is 10.5 Å². The summed E-state index contributed by atoms with van der Waals surface area (Å²) in [6.45, 7) is 7.87. The van der Waals surface area contributed by atoms with E-state index in [1.54, 1.807) is 13.0 Å². The van der Waals surface area contributed by atoms with Crippen molar-refractivity contribution in [3.63, 3.8) is 0 Å². The molecule has 2 N–H and O–H groups in total. The predicted octanol–water partition coefficient (Wildman–Crippen LogP) is 4.89. The minimum atomic E-state index is -0.229. The predicted molar refractivity (Wildman–Crippen MR) is 82.6 cm³/mol. The van der Waals surface area contributed by atoms with Crippen LogP contribution in [-0.2, 0) is 0 Å². The lowest BCUT2D eigenvalue weighted by molar-refractivity contribution is 0.203. The number of ether oxygens (including phenoxy) is 1. The van der Waals surface area contributed by atoms with E-state index in [0.29, 0.717) is 5.56 Å². The molecule has 0 bridgehead atoms. The number of benzene rings is 1. The summed E-state index contributed by atoms with van der Waals surface area (Å²) in [6.07, 6.45) is 6.08. The maximum absolute atomic E-state index is 13.6. The van der Waals surface area contributed by atoms with Crippen LogP contribution in [0.25, 0.3) is 0 Å². The number of nitrogens with two attached hydrogens (primary N) is 1. The lowest BCUT2D eigenvalue weighted by Crippen LogP contribution is -2.15. The molecular weight excluding hydrogens is 253 g/mol. The Morgan fingerprint density at radius 2 is 1.90 bits per heavy atom. The van der Waals surface area contributed by atoms with Crippen LogP contribution in [0.4, 0.5) is 4.39 Å². The Labute approximate surface area is 122 Å². The molecule has 20 heavy (non-hydrogen) atoms. The largest absolute Gasteiger partial charge is 0.490 e. The zero-order valence-corrected chi connectivity index (χ0v) is 13.2. The van der Waals surface area contributed by atoms with Crippen LogP contribution >= 0.6 is 0 Å². The van der Waals surface area contributed by atoms with Gasteiger partial charge in [0.15, 0.2) is 0 Å². The van der Waals surface area contributed by atoms with Crippen LogP contribution in [0, 0.1) is 12.7 Å². The maximum atomic E-state index is 13.6. The van der Waals surface area contributed by atoms with Gasteiger partial charge in [0.05, 0.1) is 6.10 Å². The average Bonchev–Trinajstić information content (AvgIpc) is 2.38. The first-order chi connectivity index (χ1) is 9.45. The molecular formula is C17H28FNO. The van der Waals surface area contributed by atoms with Crippen LogP contribution in [0.5, 0.6) is 5.75 Å². The van der Waals surface area contributed by atoms with Gasteiger partial charge in [0.1, 0.15) is 11.6 Å². The van der Waals surface area contributed by atoms with Gasteiger partial charge in [-0.25, -0.2) is 4.39 Å². The van der Waals surface area contributed by atoms with Crippen LogP contribution in [-0.4, -0.2) is 6.10 Å². The summed E-state index contributed by atoms with van der Waals surface area (Å²) in [4.78, 5) is 0. The summed E-state index contributed by atoms with van der Waals surface area (Å²) in [5.74, 6) is 0.502. The van der Waals surface area contributed by atoms with Crippen LogP contribution in [0.2, 0.25) is 0 Å². The van der Waals surface area contributed by atoms with Gasteiger partial charge in [0.2, 0.25) is 0 Å². The lowest BCUT2D eigenvalue weighted by atomic mass is 10.0. The smallest absolute Gasteiger partial charge is 0.126 e. The number of aryl methyl sites for hydroxylation is 1. The number of unbranched alkanes of at least 4 members (excludes halogenated alkanes) is 3. The first kappa shape index (κ1) is 17.0. The maximum Gasteiger partial charge on any atom is 0.126 e. The fraction of sp³-hybridized carbons (Fsp3) is 0.647. The molecule has 0 aromatic heterocycles. The molecule has 2 nitrogen and oxygen atoms in total. The van der Waals surface area contributed by atoms with E-state index in [1.807, 2.05) is 6.92 Å². The first-order valence-electron chi connectivity index (χ1n) is 7.68. The van der Waals surface area contributed by atoms with Gasteiger partial charge in [-0.2, -0.15) is 0 Å². The van der Waals surface area contributed by atoms with Gasteiger partial charge in [0.25, 0.3) is 0 Å². The van der Waals surface area contributed by atoms with Gasteiger partial charge in [-0.05, 0) is 51.3 Å². The summed E-state index contributed by atoms with van der Waals surface area (Å²) in [5, 5.41) is 0. The Balaban J connectivity index is 2.68. The van der Waals surface area contributed by atoms with Crippen molar-refractivity contribution in [3.05, 3.63) is 29.1 Å². The van der Waals surface area contributed by atoms with E-state index in [9.17, 15) is 4.39 Å². The fourth-order valence-corrected chi connectivity index (χ4v) is 2.26. The van der Waals surface area contributed by atoms with Crippen LogP contribution in [0.1, 0.15) is 70.0 Å². The van der Waals surface area contributed by atoms with Gasteiger partial charge in [-0.1, -0.05) is 26.2 Å². The zero-order chi connectivity index (χ0) is 15.1. The first-order valence-corrected chi connectivity index (χ1v) is 7.68. The highest BCUT2D eigenvalue weighted by molar-refractivity contribution is 5.40. The highest BCUT2D eigenvalue weighted by atomic mass is 19.1. The molecule has 114 valence electrons. The molecule has 0 radical (unpaired) electrons. The second-order valence-electron chi connectivity index (χ2n) is 5.71. The zero-order valence-electron chi connectivity index (χ0n) is 13.2. The average molecular weight is 281 g/mol. The Morgan fingerprint density at radius 3 is 2.50 bits per heavy atom. The van der Waals surface area contributed by atoms with Gasteiger partial charge in [-0.15, -0.1) is 0 Å². The molecule has 1 rings (SSSR count). The molecule has 0 saturated heterocycles. The highest BCUT2D eigenvalue weighted by Gasteiger charge is 2.14. The quantitative estimate of drug-likeness (QED) is 0.688. The van der Waals surface area contributed by atoms with Gasteiger partial charge in [0, 0.05) is 11.6 Å². The number of hydrogen-bond acceptors (Lipinski definition) is 2. The van der Waals surface area contributed by atoms with Crippen molar-refractivity contribution in [2.45, 2.75) is 71.9 Å². The molecule has 0 saturated carbocycles. The molecule has 0 aliphatic carbocycles. The molecule has 0 spiro atoms. The SMILES string of the molecule is CCCCCCC(C)Oc1cc(C)c(F)cc1C(C)N. The summed E-state index contributed by atoms with van der Waals surface area (Å²) in [5.41, 5.74) is 7.25. The second-order valence-corrected chi connectivity index (χ2v) is 5.71. The summed E-state index contributed by atoms with van der Waals surface area (Å²) < 4.78 is 19.6. The van der Waals surface area contributed by atoms with E-state index < -0.39 is 0 Å². The van der Waals surface area contributed by atoms with E-state index in [2.05, 4.69) is 13.8 Å². The van der Waals surface area contributed by atoms with Crippen molar-refractivity contribution in [1.29, 1.82) is 0 Å². The Hall–Kier alpha value is -1.09. The van der Waals surface area contributed by atoms with Crippen molar-refractivity contribution in [2.24, 2.45) is 5.73 Å². The van der Waals surface area contributed by atoms with Crippen molar-refractivity contribution in [1.82, 2.24) is 0 Å². The Bertz CT molecular complexity index is 418. The Morgan fingerprint density at radius 1 is 1.20 bits per heavy atom. The molecule has 0 aliphatic rings. The molecule has 2 unspecified atom stereocenters. The van der Waals surface area contributed by atoms with E-state index >= 15 is 0 Å². The molecule has 1 aromatic rings. The van der Waals surface area contributed by atoms with Crippen molar-refractivity contribution < 1.29 is 9.13 Å². The van der Waals surface area contributed by atoms with E-state index in [0.717, 1.165) is 17.7 Å². The highest BCUT2D eigenvalue weighted by Crippen LogP contribution is 2.28. The lowest BCUT2D eigenvalue weighted by Gasteiger charge is -2.20. The molecule has 3 heteroatoms. The summed E-state index contributed by atoms with van der Waals surface area (Å²) in [7, 11) is 0. The summed E-state index contributed by atoms with van der Waals surface area (Å²) >= 11 is 0. The minimum Gasteiger partial charge on any atom is -0.490 e. The molecule has 2 atom stereocenters.